The molecule has 112 valence electrons. The van der Waals surface area contributed by atoms with Gasteiger partial charge in [0.25, 0.3) is 0 Å². The van der Waals surface area contributed by atoms with Crippen molar-refractivity contribution in [3.8, 4) is 11.5 Å². The van der Waals surface area contributed by atoms with E-state index in [1.807, 2.05) is 0 Å². The molecule has 0 saturated heterocycles. The minimum Gasteiger partial charge on any atom is -0.493 e. The largest absolute Gasteiger partial charge is 0.493 e. The van der Waals surface area contributed by atoms with Crippen LogP contribution in [-0.4, -0.2) is 12.2 Å². The van der Waals surface area contributed by atoms with Crippen LogP contribution in [0.25, 0.3) is 0 Å². The van der Waals surface area contributed by atoms with Gasteiger partial charge in [0.15, 0.2) is 11.5 Å². The minimum absolute atomic E-state index is 0.295. The first-order valence-corrected chi connectivity index (χ1v) is 7.23. The summed E-state index contributed by atoms with van der Waals surface area (Å²) >= 11 is 3.14. The van der Waals surface area contributed by atoms with Crippen molar-refractivity contribution in [1.29, 1.82) is 0 Å². The number of benzene rings is 2. The maximum atomic E-state index is 13.2. The Morgan fingerprint density at radius 1 is 1.19 bits per heavy atom. The predicted octanol–water partition coefficient (Wildman–Crippen LogP) is 4.23. The van der Waals surface area contributed by atoms with Crippen molar-refractivity contribution >= 4 is 15.9 Å². The summed E-state index contributed by atoms with van der Waals surface area (Å²) in [6.07, 6.45) is -0.569. The van der Waals surface area contributed by atoms with Gasteiger partial charge in [-0.05, 0) is 58.2 Å². The van der Waals surface area contributed by atoms with Crippen molar-refractivity contribution in [1.82, 2.24) is 0 Å². The molecular formula is C16H16BrFO3. The van der Waals surface area contributed by atoms with E-state index >= 15 is 0 Å². The number of hydrogen-bond donors (Lipinski definition) is 1. The lowest BCUT2D eigenvalue weighted by molar-refractivity contribution is 0.198. The Hall–Kier alpha value is -1.59. The predicted molar refractivity (Wildman–Crippen MR) is 82.1 cm³/mol. The van der Waals surface area contributed by atoms with Crippen LogP contribution >= 0.6 is 15.9 Å². The van der Waals surface area contributed by atoms with Gasteiger partial charge in [0, 0.05) is 0 Å². The number of aliphatic hydroxyl groups is 1. The Kier molecular flexibility index (Phi) is 5.20. The molecule has 0 amide bonds. The Morgan fingerprint density at radius 2 is 1.95 bits per heavy atom. The van der Waals surface area contributed by atoms with Gasteiger partial charge in [-0.3, -0.25) is 0 Å². The van der Waals surface area contributed by atoms with Gasteiger partial charge < -0.3 is 14.6 Å². The minimum atomic E-state index is -0.569. The van der Waals surface area contributed by atoms with E-state index in [0.717, 1.165) is 11.1 Å². The Balaban J connectivity index is 2.13. The number of aliphatic hydroxyl groups excluding tert-OH is 1. The lowest BCUT2D eigenvalue weighted by Crippen LogP contribution is -2.00. The fraction of sp³-hybridized carbons (Fsp3) is 0.250. The van der Waals surface area contributed by atoms with Gasteiger partial charge in [0.2, 0.25) is 0 Å². The molecule has 0 aliphatic carbocycles. The van der Waals surface area contributed by atoms with Crippen LogP contribution in [0.15, 0.2) is 40.9 Å². The fourth-order valence-corrected chi connectivity index (χ4v) is 2.28. The van der Waals surface area contributed by atoms with E-state index in [1.54, 1.807) is 44.4 Å². The first kappa shape index (κ1) is 15.8. The average molecular weight is 355 g/mol. The van der Waals surface area contributed by atoms with Gasteiger partial charge in [0.05, 0.1) is 17.7 Å². The molecule has 0 aliphatic rings. The first-order chi connectivity index (χ1) is 10.0. The molecule has 0 bridgehead atoms. The lowest BCUT2D eigenvalue weighted by Gasteiger charge is -2.13. The van der Waals surface area contributed by atoms with Gasteiger partial charge >= 0.3 is 0 Å². The standard InChI is InChI=1S/C16H16BrFO3/c1-10(19)12-4-6-15(16(8-12)20-2)21-9-11-3-5-14(18)13(17)7-11/h3-8,10,19H,9H2,1-2H3/t10-/m1/s1. The SMILES string of the molecule is COc1cc([C@@H](C)O)ccc1OCc1ccc(F)c(Br)c1. The maximum Gasteiger partial charge on any atom is 0.161 e. The average Bonchev–Trinajstić information content (AvgIpc) is 2.48. The number of rotatable bonds is 5. The molecule has 0 aliphatic heterocycles. The molecule has 1 atom stereocenters. The normalized spacial score (nSPS) is 12.0. The van der Waals surface area contributed by atoms with Crippen molar-refractivity contribution in [2.24, 2.45) is 0 Å². The Labute approximate surface area is 131 Å². The van der Waals surface area contributed by atoms with Crippen molar-refractivity contribution in [2.45, 2.75) is 19.6 Å². The molecule has 3 nitrogen and oxygen atoms in total. The van der Waals surface area contributed by atoms with E-state index in [0.29, 0.717) is 22.6 Å². The molecule has 21 heavy (non-hydrogen) atoms. The van der Waals surface area contributed by atoms with E-state index in [2.05, 4.69) is 15.9 Å². The maximum absolute atomic E-state index is 13.2. The summed E-state index contributed by atoms with van der Waals surface area (Å²) in [5, 5.41) is 9.56. The number of ether oxygens (including phenoxy) is 2. The van der Waals surface area contributed by atoms with Gasteiger partial charge in [-0.15, -0.1) is 0 Å². The van der Waals surface area contributed by atoms with Crippen LogP contribution < -0.4 is 9.47 Å². The third-order valence-electron chi connectivity index (χ3n) is 3.05. The second-order valence-electron chi connectivity index (χ2n) is 4.62. The lowest BCUT2D eigenvalue weighted by atomic mass is 10.1. The van der Waals surface area contributed by atoms with Crippen LogP contribution in [0, 0.1) is 5.82 Å². The number of hydrogen-bond acceptors (Lipinski definition) is 3. The van der Waals surface area contributed by atoms with Crippen molar-refractivity contribution in [3.05, 3.63) is 57.8 Å². The molecular weight excluding hydrogens is 339 g/mol. The zero-order valence-electron chi connectivity index (χ0n) is 11.8. The van der Waals surface area contributed by atoms with E-state index in [1.165, 1.54) is 6.07 Å². The molecule has 0 unspecified atom stereocenters. The second kappa shape index (κ2) is 6.91. The smallest absolute Gasteiger partial charge is 0.161 e. The zero-order valence-corrected chi connectivity index (χ0v) is 13.4. The second-order valence-corrected chi connectivity index (χ2v) is 5.48. The quantitative estimate of drug-likeness (QED) is 0.873. The first-order valence-electron chi connectivity index (χ1n) is 6.44. The highest BCUT2D eigenvalue weighted by molar-refractivity contribution is 9.10. The van der Waals surface area contributed by atoms with Gasteiger partial charge in [-0.2, -0.15) is 0 Å². The van der Waals surface area contributed by atoms with Crippen LogP contribution in [0.5, 0.6) is 11.5 Å². The van der Waals surface area contributed by atoms with E-state index < -0.39 is 6.10 Å². The van der Waals surface area contributed by atoms with Crippen LogP contribution in [0.3, 0.4) is 0 Å². The van der Waals surface area contributed by atoms with Gasteiger partial charge in [-0.1, -0.05) is 12.1 Å². The molecule has 0 fully saturated rings. The zero-order chi connectivity index (χ0) is 15.4. The summed E-state index contributed by atoms with van der Waals surface area (Å²) in [6.45, 7) is 1.98. The summed E-state index contributed by atoms with van der Waals surface area (Å²) in [4.78, 5) is 0. The van der Waals surface area contributed by atoms with Crippen molar-refractivity contribution in [2.75, 3.05) is 7.11 Å². The molecule has 2 rings (SSSR count). The molecule has 0 radical (unpaired) electrons. The van der Waals surface area contributed by atoms with Crippen molar-refractivity contribution in [3.63, 3.8) is 0 Å². The van der Waals surface area contributed by atoms with E-state index in [9.17, 15) is 9.50 Å². The molecule has 1 N–H and O–H groups in total. The van der Waals surface area contributed by atoms with Gasteiger partial charge in [-0.25, -0.2) is 4.39 Å². The van der Waals surface area contributed by atoms with E-state index in [-0.39, 0.29) is 5.82 Å². The third kappa shape index (κ3) is 3.95. The van der Waals surface area contributed by atoms with Crippen LogP contribution in [0.2, 0.25) is 0 Å². The number of halogens is 2. The topological polar surface area (TPSA) is 38.7 Å². The van der Waals surface area contributed by atoms with Gasteiger partial charge in [0.1, 0.15) is 12.4 Å². The summed E-state index contributed by atoms with van der Waals surface area (Å²) < 4.78 is 24.5. The molecule has 0 aromatic heterocycles. The Bertz CT molecular complexity index is 629. The van der Waals surface area contributed by atoms with Crippen LogP contribution in [0.4, 0.5) is 4.39 Å². The van der Waals surface area contributed by atoms with Crippen molar-refractivity contribution < 1.29 is 19.0 Å². The monoisotopic (exact) mass is 354 g/mol. The highest BCUT2D eigenvalue weighted by atomic mass is 79.9. The highest BCUT2D eigenvalue weighted by Crippen LogP contribution is 2.31. The van der Waals surface area contributed by atoms with E-state index in [4.69, 9.17) is 9.47 Å². The Morgan fingerprint density at radius 3 is 2.57 bits per heavy atom. The summed E-state index contributed by atoms with van der Waals surface area (Å²) in [7, 11) is 1.54. The van der Waals surface area contributed by atoms with Crippen LogP contribution in [0.1, 0.15) is 24.2 Å². The molecule has 5 heteroatoms. The molecule has 0 heterocycles. The molecule has 0 spiro atoms. The highest BCUT2D eigenvalue weighted by Gasteiger charge is 2.09. The number of methoxy groups -OCH3 is 1. The fourth-order valence-electron chi connectivity index (χ4n) is 1.85. The molecule has 0 saturated carbocycles. The van der Waals surface area contributed by atoms with Crippen LogP contribution in [-0.2, 0) is 6.61 Å². The molecule has 2 aromatic carbocycles. The summed E-state index contributed by atoms with van der Waals surface area (Å²) in [5.74, 6) is 0.814. The third-order valence-corrected chi connectivity index (χ3v) is 3.66. The summed E-state index contributed by atoms with van der Waals surface area (Å²) in [6, 6.07) is 9.99. The summed E-state index contributed by atoms with van der Waals surface area (Å²) in [5.41, 5.74) is 1.59. The molecule has 2 aromatic rings.